The molecule has 2 aromatic carbocycles. The third-order valence-corrected chi connectivity index (χ3v) is 5.47. The molecule has 0 saturated carbocycles. The van der Waals surface area contributed by atoms with E-state index in [1.165, 1.54) is 5.56 Å². The van der Waals surface area contributed by atoms with Gasteiger partial charge in [0.1, 0.15) is 0 Å². The maximum atomic E-state index is 12.8. The van der Waals surface area contributed by atoms with Gasteiger partial charge in [0, 0.05) is 37.4 Å². The fourth-order valence-corrected chi connectivity index (χ4v) is 3.85. The number of hydrogen-bond acceptors (Lipinski definition) is 3. The van der Waals surface area contributed by atoms with Crippen LogP contribution in [-0.2, 0) is 4.79 Å². The van der Waals surface area contributed by atoms with E-state index in [9.17, 15) is 9.59 Å². The third-order valence-electron chi connectivity index (χ3n) is 5.47. The molecule has 0 aromatic heterocycles. The summed E-state index contributed by atoms with van der Waals surface area (Å²) >= 11 is 0. The van der Waals surface area contributed by atoms with Gasteiger partial charge in [0.25, 0.3) is 5.91 Å². The molecule has 0 radical (unpaired) electrons. The summed E-state index contributed by atoms with van der Waals surface area (Å²) in [6, 6.07) is 13.3. The molecule has 2 amide bonds. The Hall–Kier alpha value is -2.66. The summed E-state index contributed by atoms with van der Waals surface area (Å²) in [5, 5.41) is 3.10. The maximum absolute atomic E-state index is 12.8. The minimum Gasteiger partial charge on any atom is -0.336 e. The number of hydrogen-bond donors (Lipinski definition) is 1. The van der Waals surface area contributed by atoms with Crippen molar-refractivity contribution >= 4 is 17.5 Å². The number of carbonyl (C=O) groups excluding carboxylic acids is 2. The van der Waals surface area contributed by atoms with E-state index in [-0.39, 0.29) is 17.9 Å². The van der Waals surface area contributed by atoms with Crippen LogP contribution in [0.5, 0.6) is 0 Å². The molecule has 2 aromatic rings. The van der Waals surface area contributed by atoms with E-state index in [1.807, 2.05) is 56.0 Å². The van der Waals surface area contributed by atoms with Crippen molar-refractivity contribution < 1.29 is 9.59 Å². The number of nitrogens with one attached hydrogen (secondary N) is 1. The average molecular weight is 380 g/mol. The van der Waals surface area contributed by atoms with Gasteiger partial charge in [-0.2, -0.15) is 0 Å². The van der Waals surface area contributed by atoms with E-state index in [1.54, 1.807) is 0 Å². The number of rotatable bonds is 4. The summed E-state index contributed by atoms with van der Waals surface area (Å²) in [6.07, 6.45) is 0. The average Bonchev–Trinajstić information content (AvgIpc) is 2.70. The van der Waals surface area contributed by atoms with Crippen LogP contribution in [-0.4, -0.2) is 53.8 Å². The van der Waals surface area contributed by atoms with Crippen molar-refractivity contribution in [2.45, 2.75) is 33.7 Å². The molecule has 148 valence electrons. The van der Waals surface area contributed by atoms with Crippen molar-refractivity contribution in [2.75, 3.05) is 31.5 Å². The topological polar surface area (TPSA) is 52.7 Å². The van der Waals surface area contributed by atoms with Crippen LogP contribution in [0.2, 0.25) is 0 Å². The zero-order valence-corrected chi connectivity index (χ0v) is 17.2. The normalized spacial score (nSPS) is 15.9. The third kappa shape index (κ3) is 4.42. The van der Waals surface area contributed by atoms with Crippen molar-refractivity contribution in [3.8, 4) is 0 Å². The molecule has 1 fully saturated rings. The van der Waals surface area contributed by atoms with Gasteiger partial charge < -0.3 is 10.2 Å². The van der Waals surface area contributed by atoms with Crippen LogP contribution < -0.4 is 5.32 Å². The number of piperazine rings is 1. The number of benzene rings is 2. The highest BCUT2D eigenvalue weighted by Gasteiger charge is 2.28. The highest BCUT2D eigenvalue weighted by molar-refractivity contribution is 5.96. The van der Waals surface area contributed by atoms with Crippen LogP contribution in [0.1, 0.15) is 34.0 Å². The molecule has 0 aliphatic carbocycles. The Labute approximate surface area is 167 Å². The number of anilines is 1. The van der Waals surface area contributed by atoms with Crippen LogP contribution in [0.4, 0.5) is 5.69 Å². The fourth-order valence-electron chi connectivity index (χ4n) is 3.85. The van der Waals surface area contributed by atoms with Crippen LogP contribution >= 0.6 is 0 Å². The largest absolute Gasteiger partial charge is 0.336 e. The molecule has 1 saturated heterocycles. The van der Waals surface area contributed by atoms with Gasteiger partial charge >= 0.3 is 0 Å². The monoisotopic (exact) mass is 379 g/mol. The Morgan fingerprint density at radius 3 is 2.07 bits per heavy atom. The first-order chi connectivity index (χ1) is 13.4. The van der Waals surface area contributed by atoms with Crippen molar-refractivity contribution in [3.05, 3.63) is 64.7 Å². The van der Waals surface area contributed by atoms with Gasteiger partial charge in [-0.05, 0) is 51.0 Å². The molecule has 28 heavy (non-hydrogen) atoms. The van der Waals surface area contributed by atoms with Gasteiger partial charge in [-0.25, -0.2) is 0 Å². The van der Waals surface area contributed by atoms with E-state index >= 15 is 0 Å². The zero-order chi connectivity index (χ0) is 20.3. The molecule has 3 rings (SSSR count). The summed E-state index contributed by atoms with van der Waals surface area (Å²) in [4.78, 5) is 29.4. The molecule has 1 heterocycles. The summed E-state index contributed by atoms with van der Waals surface area (Å²) in [5.74, 6) is 0.0566. The smallest absolute Gasteiger partial charge is 0.253 e. The maximum Gasteiger partial charge on any atom is 0.253 e. The van der Waals surface area contributed by atoms with Crippen LogP contribution in [0.15, 0.2) is 42.5 Å². The predicted molar refractivity (Wildman–Crippen MR) is 113 cm³/mol. The standard InChI is InChI=1S/C23H29N3O2/c1-16-14-17(2)21(18(3)15-16)24-22(27)19(4)25-10-12-26(13-11-25)23(28)20-8-6-5-7-9-20/h5-9,14-15,19H,10-13H2,1-4H3,(H,24,27)/t19-/m0/s1. The lowest BCUT2D eigenvalue weighted by molar-refractivity contribution is -0.121. The van der Waals surface area contributed by atoms with E-state index in [0.717, 1.165) is 16.8 Å². The molecule has 0 bridgehead atoms. The Kier molecular flexibility index (Phi) is 6.15. The molecular formula is C23H29N3O2. The number of aryl methyl sites for hydroxylation is 3. The fraction of sp³-hybridized carbons (Fsp3) is 0.391. The Balaban J connectivity index is 1.58. The van der Waals surface area contributed by atoms with Gasteiger partial charge in [0.15, 0.2) is 0 Å². The molecule has 1 N–H and O–H groups in total. The van der Waals surface area contributed by atoms with Crippen molar-refractivity contribution in [1.82, 2.24) is 9.80 Å². The zero-order valence-electron chi connectivity index (χ0n) is 17.2. The summed E-state index contributed by atoms with van der Waals surface area (Å²) < 4.78 is 0. The Bertz CT molecular complexity index is 832. The molecule has 0 unspecified atom stereocenters. The number of nitrogens with zero attached hydrogens (tertiary/aromatic N) is 2. The van der Waals surface area contributed by atoms with E-state index in [4.69, 9.17) is 0 Å². The predicted octanol–water partition coefficient (Wildman–Crippen LogP) is 3.40. The minimum absolute atomic E-state index is 0.00195. The molecule has 0 spiro atoms. The molecule has 1 aliphatic heterocycles. The van der Waals surface area contributed by atoms with E-state index < -0.39 is 0 Å². The second kappa shape index (κ2) is 8.57. The van der Waals surface area contributed by atoms with E-state index in [2.05, 4.69) is 29.3 Å². The SMILES string of the molecule is Cc1cc(C)c(NC(=O)[C@H](C)N2CCN(C(=O)c3ccccc3)CC2)c(C)c1. The molecule has 5 heteroatoms. The first-order valence-corrected chi connectivity index (χ1v) is 9.84. The molecule has 5 nitrogen and oxygen atoms in total. The molecule has 1 atom stereocenters. The Morgan fingerprint density at radius 2 is 1.50 bits per heavy atom. The second-order valence-electron chi connectivity index (χ2n) is 7.63. The van der Waals surface area contributed by atoms with Gasteiger partial charge in [0.05, 0.1) is 6.04 Å². The quantitative estimate of drug-likeness (QED) is 0.886. The first-order valence-electron chi connectivity index (χ1n) is 9.84. The Morgan fingerprint density at radius 1 is 0.929 bits per heavy atom. The van der Waals surface area contributed by atoms with Gasteiger partial charge in [-0.15, -0.1) is 0 Å². The van der Waals surface area contributed by atoms with Crippen LogP contribution in [0.3, 0.4) is 0 Å². The lowest BCUT2D eigenvalue weighted by Crippen LogP contribution is -2.54. The van der Waals surface area contributed by atoms with Crippen molar-refractivity contribution in [2.24, 2.45) is 0 Å². The van der Waals surface area contributed by atoms with Crippen molar-refractivity contribution in [3.63, 3.8) is 0 Å². The molecular weight excluding hydrogens is 350 g/mol. The van der Waals surface area contributed by atoms with E-state index in [0.29, 0.717) is 31.7 Å². The minimum atomic E-state index is -0.242. The van der Waals surface area contributed by atoms with Crippen LogP contribution in [0, 0.1) is 20.8 Å². The first kappa shape index (κ1) is 20.1. The van der Waals surface area contributed by atoms with Gasteiger partial charge in [0.2, 0.25) is 5.91 Å². The summed E-state index contributed by atoms with van der Waals surface area (Å²) in [6.45, 7) is 10.7. The summed E-state index contributed by atoms with van der Waals surface area (Å²) in [5.41, 5.74) is 4.97. The number of amides is 2. The van der Waals surface area contributed by atoms with Gasteiger partial charge in [-0.1, -0.05) is 35.9 Å². The second-order valence-corrected chi connectivity index (χ2v) is 7.63. The summed E-state index contributed by atoms with van der Waals surface area (Å²) in [7, 11) is 0. The highest BCUT2D eigenvalue weighted by atomic mass is 16.2. The molecule has 1 aliphatic rings. The lowest BCUT2D eigenvalue weighted by Gasteiger charge is -2.37. The lowest BCUT2D eigenvalue weighted by atomic mass is 10.0. The van der Waals surface area contributed by atoms with Crippen LogP contribution in [0.25, 0.3) is 0 Å². The van der Waals surface area contributed by atoms with Crippen molar-refractivity contribution in [1.29, 1.82) is 0 Å². The van der Waals surface area contributed by atoms with Gasteiger partial charge in [-0.3, -0.25) is 14.5 Å². The number of carbonyl (C=O) groups is 2. The highest BCUT2D eigenvalue weighted by Crippen LogP contribution is 2.22.